The van der Waals surface area contributed by atoms with Crippen LogP contribution in [0.15, 0.2) is 59.5 Å². The first kappa shape index (κ1) is 19.2. The first-order valence-electron chi connectivity index (χ1n) is 8.60. The molecule has 3 rings (SSSR count). The highest BCUT2D eigenvalue weighted by atomic mass is 127. The van der Waals surface area contributed by atoms with Gasteiger partial charge in [-0.25, -0.2) is 0 Å². The SMILES string of the molecule is CC(Sc1ccccc1)C(=O)N1CCN(C(=O)c2ccccc2I)CC1. The molecular formula is C20H21IN2O2S. The Morgan fingerprint density at radius 1 is 0.923 bits per heavy atom. The second-order valence-electron chi connectivity index (χ2n) is 6.17. The van der Waals surface area contributed by atoms with Crippen molar-refractivity contribution in [2.45, 2.75) is 17.1 Å². The van der Waals surface area contributed by atoms with Crippen molar-refractivity contribution in [3.05, 3.63) is 63.7 Å². The lowest BCUT2D eigenvalue weighted by Gasteiger charge is -2.36. The quantitative estimate of drug-likeness (QED) is 0.495. The Kier molecular flexibility index (Phi) is 6.58. The molecule has 136 valence electrons. The first-order chi connectivity index (χ1) is 12.6. The zero-order valence-corrected chi connectivity index (χ0v) is 17.6. The number of piperazine rings is 1. The maximum atomic E-state index is 12.7. The molecule has 2 aromatic rings. The van der Waals surface area contributed by atoms with Crippen LogP contribution in [0.1, 0.15) is 17.3 Å². The number of carbonyl (C=O) groups is 2. The van der Waals surface area contributed by atoms with Crippen molar-refractivity contribution in [2.75, 3.05) is 26.2 Å². The van der Waals surface area contributed by atoms with Gasteiger partial charge in [0.15, 0.2) is 0 Å². The summed E-state index contributed by atoms with van der Waals surface area (Å²) in [6.07, 6.45) is 0. The minimum Gasteiger partial charge on any atom is -0.338 e. The van der Waals surface area contributed by atoms with E-state index >= 15 is 0 Å². The van der Waals surface area contributed by atoms with Crippen molar-refractivity contribution in [3.63, 3.8) is 0 Å². The number of hydrogen-bond donors (Lipinski definition) is 0. The van der Waals surface area contributed by atoms with Gasteiger partial charge in [0.05, 0.1) is 10.8 Å². The molecule has 1 heterocycles. The Hall–Kier alpha value is -1.54. The van der Waals surface area contributed by atoms with E-state index in [1.54, 1.807) is 11.8 Å². The molecule has 1 aliphatic heterocycles. The molecule has 1 saturated heterocycles. The van der Waals surface area contributed by atoms with Crippen LogP contribution in [0.5, 0.6) is 0 Å². The zero-order valence-electron chi connectivity index (χ0n) is 14.6. The van der Waals surface area contributed by atoms with Crippen LogP contribution < -0.4 is 0 Å². The van der Waals surface area contributed by atoms with Gasteiger partial charge in [-0.3, -0.25) is 9.59 Å². The number of nitrogens with zero attached hydrogens (tertiary/aromatic N) is 2. The van der Waals surface area contributed by atoms with Crippen LogP contribution in [0.25, 0.3) is 0 Å². The van der Waals surface area contributed by atoms with Crippen molar-refractivity contribution >= 4 is 46.2 Å². The summed E-state index contributed by atoms with van der Waals surface area (Å²) < 4.78 is 0.960. The Bertz CT molecular complexity index is 776. The molecule has 0 radical (unpaired) electrons. The summed E-state index contributed by atoms with van der Waals surface area (Å²) in [4.78, 5) is 30.2. The normalized spacial score (nSPS) is 15.6. The lowest BCUT2D eigenvalue weighted by Crippen LogP contribution is -2.52. The summed E-state index contributed by atoms with van der Waals surface area (Å²) in [7, 11) is 0. The van der Waals surface area contributed by atoms with E-state index < -0.39 is 0 Å². The van der Waals surface area contributed by atoms with Crippen LogP contribution in [0.3, 0.4) is 0 Å². The molecule has 1 aliphatic rings. The molecule has 0 aliphatic carbocycles. The number of amides is 2. The number of carbonyl (C=O) groups excluding carboxylic acids is 2. The monoisotopic (exact) mass is 480 g/mol. The third-order valence-electron chi connectivity index (χ3n) is 4.39. The highest BCUT2D eigenvalue weighted by Gasteiger charge is 2.28. The third kappa shape index (κ3) is 4.59. The molecule has 1 fully saturated rings. The van der Waals surface area contributed by atoms with E-state index in [1.807, 2.05) is 71.3 Å². The fourth-order valence-corrected chi connectivity index (χ4v) is 4.54. The molecule has 1 unspecified atom stereocenters. The Balaban J connectivity index is 1.55. The molecule has 0 spiro atoms. The van der Waals surface area contributed by atoms with Crippen molar-refractivity contribution in [2.24, 2.45) is 0 Å². The molecule has 0 bridgehead atoms. The molecule has 0 N–H and O–H groups in total. The van der Waals surface area contributed by atoms with Gasteiger partial charge < -0.3 is 9.80 Å². The van der Waals surface area contributed by atoms with Gasteiger partial charge >= 0.3 is 0 Å². The smallest absolute Gasteiger partial charge is 0.255 e. The second kappa shape index (κ2) is 8.90. The number of thioether (sulfide) groups is 1. The summed E-state index contributed by atoms with van der Waals surface area (Å²) in [5.41, 5.74) is 0.737. The molecule has 0 saturated carbocycles. The van der Waals surface area contributed by atoms with Gasteiger partial charge in [0.25, 0.3) is 5.91 Å². The minimum atomic E-state index is -0.130. The summed E-state index contributed by atoms with van der Waals surface area (Å²) in [6, 6.07) is 17.6. The van der Waals surface area contributed by atoms with Gasteiger partial charge in [0, 0.05) is 34.6 Å². The molecule has 6 heteroatoms. The highest BCUT2D eigenvalue weighted by molar-refractivity contribution is 14.1. The van der Waals surface area contributed by atoms with Gasteiger partial charge in [-0.05, 0) is 53.8 Å². The minimum absolute atomic E-state index is 0.0498. The first-order valence-corrected chi connectivity index (χ1v) is 10.6. The Labute approximate surface area is 172 Å². The van der Waals surface area contributed by atoms with Gasteiger partial charge in [-0.15, -0.1) is 11.8 Å². The van der Waals surface area contributed by atoms with Crippen LogP contribution >= 0.6 is 34.4 Å². The Morgan fingerprint density at radius 2 is 1.50 bits per heavy atom. The van der Waals surface area contributed by atoms with Crippen LogP contribution in [-0.4, -0.2) is 53.0 Å². The van der Waals surface area contributed by atoms with Crippen molar-refractivity contribution in [1.29, 1.82) is 0 Å². The molecule has 1 atom stereocenters. The molecule has 26 heavy (non-hydrogen) atoms. The van der Waals surface area contributed by atoms with E-state index in [0.717, 1.165) is 14.0 Å². The van der Waals surface area contributed by atoms with Gasteiger partial charge in [-0.1, -0.05) is 30.3 Å². The summed E-state index contributed by atoms with van der Waals surface area (Å²) >= 11 is 3.77. The van der Waals surface area contributed by atoms with Crippen molar-refractivity contribution in [3.8, 4) is 0 Å². The van der Waals surface area contributed by atoms with Crippen molar-refractivity contribution in [1.82, 2.24) is 9.80 Å². The fraction of sp³-hybridized carbons (Fsp3) is 0.300. The van der Waals surface area contributed by atoms with E-state index in [-0.39, 0.29) is 17.1 Å². The largest absolute Gasteiger partial charge is 0.338 e. The molecule has 0 aromatic heterocycles. The average Bonchev–Trinajstić information content (AvgIpc) is 2.68. The van der Waals surface area contributed by atoms with Crippen LogP contribution in [-0.2, 0) is 4.79 Å². The lowest BCUT2D eigenvalue weighted by molar-refractivity contribution is -0.131. The molecule has 2 amide bonds. The lowest BCUT2D eigenvalue weighted by atomic mass is 10.2. The zero-order chi connectivity index (χ0) is 18.5. The average molecular weight is 480 g/mol. The molecular weight excluding hydrogens is 459 g/mol. The maximum absolute atomic E-state index is 12.7. The van der Waals surface area contributed by atoms with E-state index in [0.29, 0.717) is 26.2 Å². The van der Waals surface area contributed by atoms with E-state index in [2.05, 4.69) is 22.6 Å². The Morgan fingerprint density at radius 3 is 2.15 bits per heavy atom. The molecule has 4 nitrogen and oxygen atoms in total. The third-order valence-corrected chi connectivity index (χ3v) is 6.43. The number of hydrogen-bond acceptors (Lipinski definition) is 3. The summed E-state index contributed by atoms with van der Waals surface area (Å²) in [5.74, 6) is 0.189. The van der Waals surface area contributed by atoms with Crippen LogP contribution in [0.2, 0.25) is 0 Å². The molecule has 2 aromatic carbocycles. The number of halogens is 1. The topological polar surface area (TPSA) is 40.6 Å². The van der Waals surface area contributed by atoms with Crippen molar-refractivity contribution < 1.29 is 9.59 Å². The van der Waals surface area contributed by atoms with E-state index in [1.165, 1.54) is 0 Å². The fourth-order valence-electron chi connectivity index (χ4n) is 2.95. The van der Waals surface area contributed by atoms with Crippen LogP contribution in [0.4, 0.5) is 0 Å². The second-order valence-corrected chi connectivity index (χ2v) is 8.75. The predicted molar refractivity (Wildman–Crippen MR) is 113 cm³/mol. The van der Waals surface area contributed by atoms with Crippen LogP contribution in [0, 0.1) is 3.57 Å². The van der Waals surface area contributed by atoms with Gasteiger partial charge in [-0.2, -0.15) is 0 Å². The predicted octanol–water partition coefficient (Wildman–Crippen LogP) is 3.76. The standard InChI is InChI=1S/C20H21IN2O2S/c1-15(26-16-7-3-2-4-8-16)19(24)22-11-13-23(14-12-22)20(25)17-9-5-6-10-18(17)21/h2-10,15H,11-14H2,1H3. The van der Waals surface area contributed by atoms with E-state index in [9.17, 15) is 9.59 Å². The van der Waals surface area contributed by atoms with E-state index in [4.69, 9.17) is 0 Å². The van der Waals surface area contributed by atoms with Gasteiger partial charge in [0.1, 0.15) is 0 Å². The summed E-state index contributed by atoms with van der Waals surface area (Å²) in [6.45, 7) is 4.29. The number of benzene rings is 2. The maximum Gasteiger partial charge on any atom is 0.255 e. The highest BCUT2D eigenvalue weighted by Crippen LogP contribution is 2.24. The summed E-state index contributed by atoms with van der Waals surface area (Å²) in [5, 5.41) is -0.130. The number of rotatable bonds is 4. The van der Waals surface area contributed by atoms with Gasteiger partial charge in [0.2, 0.25) is 5.91 Å².